The van der Waals surface area contributed by atoms with Crippen LogP contribution in [-0.4, -0.2) is 77.3 Å². The molecule has 0 atom stereocenters. The zero-order valence-corrected chi connectivity index (χ0v) is 18.3. The molecule has 4 nitrogen and oxygen atoms in total. The molecule has 0 heterocycles. The molecule has 0 amide bonds. The molecule has 0 saturated carbocycles. The zero-order chi connectivity index (χ0) is 18.9. The average molecular weight is 335 g/mol. The van der Waals surface area contributed by atoms with E-state index in [1.54, 1.807) is 0 Å². The summed E-state index contributed by atoms with van der Waals surface area (Å²) in [7, 11) is 8.49. The van der Waals surface area contributed by atoms with Crippen LogP contribution in [-0.2, 0) is 0 Å². The van der Waals surface area contributed by atoms with E-state index in [1.807, 2.05) is 48.6 Å². The number of rotatable bonds is 12. The fourth-order valence-electron chi connectivity index (χ4n) is 1.76. The molecule has 0 radical (unpaired) electrons. The molecule has 0 aromatic heterocycles. The Balaban J connectivity index is -0.000000267. The summed E-state index contributed by atoms with van der Waals surface area (Å²) >= 11 is 0. The minimum absolute atomic E-state index is 1.11. The lowest BCUT2D eigenvalue weighted by Gasteiger charge is -2.18. The molecular formula is C19H50N4. The highest BCUT2D eigenvalue weighted by molar-refractivity contribution is 4.56. The molecule has 4 heteroatoms. The van der Waals surface area contributed by atoms with Gasteiger partial charge in [-0.2, -0.15) is 0 Å². The van der Waals surface area contributed by atoms with Crippen LogP contribution in [0.3, 0.4) is 0 Å². The molecule has 0 saturated heterocycles. The average Bonchev–Trinajstić information content (AvgIpc) is 2.59. The van der Waals surface area contributed by atoms with E-state index in [9.17, 15) is 0 Å². The van der Waals surface area contributed by atoms with E-state index in [0.717, 1.165) is 19.6 Å². The molecule has 0 aliphatic heterocycles. The molecule has 23 heavy (non-hydrogen) atoms. The molecule has 0 bridgehead atoms. The van der Waals surface area contributed by atoms with Crippen molar-refractivity contribution in [2.24, 2.45) is 0 Å². The van der Waals surface area contributed by atoms with Crippen LogP contribution in [0.1, 0.15) is 60.8 Å². The summed E-state index contributed by atoms with van der Waals surface area (Å²) in [5.41, 5.74) is 0. The summed E-state index contributed by atoms with van der Waals surface area (Å²) in [6, 6.07) is 0. The third-order valence-electron chi connectivity index (χ3n) is 2.82. The first kappa shape index (κ1) is 30.7. The largest absolute Gasteiger partial charge is 0.320 e. The van der Waals surface area contributed by atoms with Gasteiger partial charge in [-0.25, -0.2) is 0 Å². The molecule has 0 aliphatic rings. The van der Waals surface area contributed by atoms with E-state index in [1.165, 1.54) is 38.9 Å². The minimum Gasteiger partial charge on any atom is -0.320 e. The first-order chi connectivity index (χ1) is 11.2. The van der Waals surface area contributed by atoms with Crippen LogP contribution in [0.5, 0.6) is 0 Å². The van der Waals surface area contributed by atoms with Crippen LogP contribution in [0.15, 0.2) is 0 Å². The number of hydrogen-bond acceptors (Lipinski definition) is 4. The summed E-state index contributed by atoms with van der Waals surface area (Å²) in [5.74, 6) is 0. The molecule has 0 aromatic carbocycles. The van der Waals surface area contributed by atoms with E-state index in [2.05, 4.69) is 41.6 Å². The van der Waals surface area contributed by atoms with Crippen LogP contribution < -0.4 is 10.6 Å². The number of nitrogens with one attached hydrogen (secondary N) is 2. The summed E-state index contributed by atoms with van der Waals surface area (Å²) in [6.07, 6.45) is 3.73. The van der Waals surface area contributed by atoms with Gasteiger partial charge >= 0.3 is 0 Å². The fourth-order valence-corrected chi connectivity index (χ4v) is 1.76. The van der Waals surface area contributed by atoms with Crippen molar-refractivity contribution in [1.29, 1.82) is 0 Å². The minimum atomic E-state index is 1.11. The molecule has 0 fully saturated rings. The Morgan fingerprint density at radius 2 is 1.09 bits per heavy atom. The van der Waals surface area contributed by atoms with E-state index in [0.29, 0.717) is 0 Å². The molecule has 0 rings (SSSR count). The van der Waals surface area contributed by atoms with Gasteiger partial charge in [0.1, 0.15) is 0 Å². The second-order valence-electron chi connectivity index (χ2n) is 5.02. The third-order valence-corrected chi connectivity index (χ3v) is 2.82. The second kappa shape index (κ2) is 33.4. The van der Waals surface area contributed by atoms with Gasteiger partial charge in [0.05, 0.1) is 0 Å². The van der Waals surface area contributed by atoms with Crippen molar-refractivity contribution in [3.05, 3.63) is 0 Å². The SMILES string of the molecule is CC.CC.CC.CNCCCNCCCN(C)CCCN(C)C. The Morgan fingerprint density at radius 1 is 0.609 bits per heavy atom. The van der Waals surface area contributed by atoms with Crippen molar-refractivity contribution in [2.45, 2.75) is 60.8 Å². The lowest BCUT2D eigenvalue weighted by Crippen LogP contribution is -2.27. The lowest BCUT2D eigenvalue weighted by atomic mass is 10.3. The van der Waals surface area contributed by atoms with E-state index >= 15 is 0 Å². The highest BCUT2D eigenvalue weighted by Crippen LogP contribution is 1.91. The van der Waals surface area contributed by atoms with Gasteiger partial charge in [-0.3, -0.25) is 0 Å². The predicted molar refractivity (Wildman–Crippen MR) is 111 cm³/mol. The van der Waals surface area contributed by atoms with Crippen LogP contribution >= 0.6 is 0 Å². The lowest BCUT2D eigenvalue weighted by molar-refractivity contribution is 0.296. The first-order valence-electron chi connectivity index (χ1n) is 9.85. The molecule has 0 spiro atoms. The Bertz CT molecular complexity index is 152. The highest BCUT2D eigenvalue weighted by atomic mass is 15.1. The number of hydrogen-bond donors (Lipinski definition) is 2. The standard InChI is InChI=1S/C13H32N4.3C2H6/c1-14-8-5-9-15-10-6-12-17(4)13-7-11-16(2)3;3*1-2/h14-15H,5-13H2,1-4H3;3*1-2H3. The van der Waals surface area contributed by atoms with Gasteiger partial charge in [-0.1, -0.05) is 41.5 Å². The van der Waals surface area contributed by atoms with Gasteiger partial charge < -0.3 is 20.4 Å². The van der Waals surface area contributed by atoms with Crippen molar-refractivity contribution in [3.8, 4) is 0 Å². The van der Waals surface area contributed by atoms with Crippen molar-refractivity contribution in [1.82, 2.24) is 20.4 Å². The van der Waals surface area contributed by atoms with Crippen molar-refractivity contribution in [2.75, 3.05) is 67.5 Å². The quantitative estimate of drug-likeness (QED) is 0.535. The monoisotopic (exact) mass is 334 g/mol. The van der Waals surface area contributed by atoms with Crippen molar-refractivity contribution >= 4 is 0 Å². The normalized spacial score (nSPS) is 9.39. The highest BCUT2D eigenvalue weighted by Gasteiger charge is 1.98. The third kappa shape index (κ3) is 39.0. The molecular weight excluding hydrogens is 284 g/mol. The van der Waals surface area contributed by atoms with Gasteiger partial charge in [0.15, 0.2) is 0 Å². The van der Waals surface area contributed by atoms with E-state index in [-0.39, 0.29) is 0 Å². The van der Waals surface area contributed by atoms with Crippen LogP contribution in [0.2, 0.25) is 0 Å². The smallest absolute Gasteiger partial charge is 0.000959 e. The topological polar surface area (TPSA) is 30.5 Å². The van der Waals surface area contributed by atoms with E-state index in [4.69, 9.17) is 0 Å². The summed E-state index contributed by atoms with van der Waals surface area (Å²) in [5, 5.41) is 6.63. The molecule has 146 valence electrons. The Morgan fingerprint density at radius 3 is 1.57 bits per heavy atom. The molecule has 0 aliphatic carbocycles. The summed E-state index contributed by atoms with van der Waals surface area (Å²) < 4.78 is 0. The summed E-state index contributed by atoms with van der Waals surface area (Å²) in [6.45, 7) is 19.0. The Kier molecular flexibility index (Phi) is 44.6. The second-order valence-corrected chi connectivity index (χ2v) is 5.02. The van der Waals surface area contributed by atoms with Crippen molar-refractivity contribution in [3.63, 3.8) is 0 Å². The molecule has 0 aromatic rings. The summed E-state index contributed by atoms with van der Waals surface area (Å²) in [4.78, 5) is 4.68. The van der Waals surface area contributed by atoms with Gasteiger partial charge in [0, 0.05) is 0 Å². The predicted octanol–water partition coefficient (Wildman–Crippen LogP) is 3.54. The Labute approximate surface area is 149 Å². The van der Waals surface area contributed by atoms with Crippen LogP contribution in [0, 0.1) is 0 Å². The van der Waals surface area contributed by atoms with Gasteiger partial charge in [0.2, 0.25) is 0 Å². The maximum absolute atomic E-state index is 3.47. The van der Waals surface area contributed by atoms with Crippen molar-refractivity contribution < 1.29 is 0 Å². The first-order valence-corrected chi connectivity index (χ1v) is 9.85. The van der Waals surface area contributed by atoms with Gasteiger partial charge in [-0.05, 0) is 86.7 Å². The van der Waals surface area contributed by atoms with Gasteiger partial charge in [0.25, 0.3) is 0 Å². The number of nitrogens with zero attached hydrogens (tertiary/aromatic N) is 2. The maximum atomic E-state index is 3.47. The maximum Gasteiger partial charge on any atom is -0.000959 e. The van der Waals surface area contributed by atoms with Crippen LogP contribution in [0.25, 0.3) is 0 Å². The fraction of sp³-hybridized carbons (Fsp3) is 1.00. The Hall–Kier alpha value is -0.160. The molecule has 0 unspecified atom stereocenters. The van der Waals surface area contributed by atoms with Crippen LogP contribution in [0.4, 0.5) is 0 Å². The van der Waals surface area contributed by atoms with Gasteiger partial charge in [-0.15, -0.1) is 0 Å². The zero-order valence-electron chi connectivity index (χ0n) is 18.3. The van der Waals surface area contributed by atoms with E-state index < -0.39 is 0 Å². The molecule has 2 N–H and O–H groups in total.